The third-order valence-electron chi connectivity index (χ3n) is 6.64. The van der Waals surface area contributed by atoms with Crippen LogP contribution in [0.1, 0.15) is 12.5 Å². The molecular formula is C26H30F2N8O2. The Kier molecular flexibility index (Phi) is 7.59. The number of pyridine rings is 1. The van der Waals surface area contributed by atoms with Crippen molar-refractivity contribution in [1.82, 2.24) is 19.9 Å². The first-order chi connectivity index (χ1) is 18.4. The van der Waals surface area contributed by atoms with Gasteiger partial charge in [0, 0.05) is 45.1 Å². The minimum Gasteiger partial charge on any atom is -0.378 e. The maximum absolute atomic E-state index is 14.1. The van der Waals surface area contributed by atoms with Crippen LogP contribution in [0.5, 0.6) is 0 Å². The molecule has 1 saturated heterocycles. The number of alkyl halides is 2. The van der Waals surface area contributed by atoms with Crippen molar-refractivity contribution in [3.8, 4) is 0 Å². The number of nitrogens with zero attached hydrogens (tertiary/aromatic N) is 7. The van der Waals surface area contributed by atoms with Gasteiger partial charge >= 0.3 is 0 Å². The van der Waals surface area contributed by atoms with E-state index in [1.54, 1.807) is 49.5 Å². The van der Waals surface area contributed by atoms with E-state index in [4.69, 9.17) is 4.74 Å². The maximum atomic E-state index is 14.1. The van der Waals surface area contributed by atoms with E-state index in [0.29, 0.717) is 44.5 Å². The Morgan fingerprint density at radius 3 is 2.61 bits per heavy atom. The van der Waals surface area contributed by atoms with E-state index in [-0.39, 0.29) is 17.7 Å². The van der Waals surface area contributed by atoms with Gasteiger partial charge in [-0.25, -0.2) is 8.78 Å². The van der Waals surface area contributed by atoms with Crippen molar-refractivity contribution in [2.45, 2.75) is 38.0 Å². The number of fused-ring (bicyclic) bond motifs is 1. The van der Waals surface area contributed by atoms with Crippen LogP contribution in [0.25, 0.3) is 0 Å². The van der Waals surface area contributed by atoms with Gasteiger partial charge in [-0.3, -0.25) is 14.8 Å². The van der Waals surface area contributed by atoms with Crippen molar-refractivity contribution in [2.75, 3.05) is 48.5 Å². The molecule has 200 valence electrons. The molecule has 1 amide bonds. The van der Waals surface area contributed by atoms with Crippen LogP contribution in [0.15, 0.2) is 59.9 Å². The number of likely N-dealkylation sites (N-methyl/N-ethyl adjacent to an activating group) is 1. The molecular weight excluding hydrogens is 494 g/mol. The number of amidine groups is 1. The van der Waals surface area contributed by atoms with E-state index < -0.39 is 24.6 Å². The highest BCUT2D eigenvalue weighted by Gasteiger charge is 2.40. The Labute approximate surface area is 219 Å². The van der Waals surface area contributed by atoms with Gasteiger partial charge in [0.25, 0.3) is 6.43 Å². The molecule has 2 aliphatic heterocycles. The second-order valence-electron chi connectivity index (χ2n) is 9.33. The smallest absolute Gasteiger partial charge is 0.295 e. The molecule has 0 bridgehead atoms. The number of hydrogen-bond acceptors (Lipinski definition) is 9. The average Bonchev–Trinajstić information content (AvgIpc) is 3.34. The fraction of sp³-hybridized carbons (Fsp3) is 0.423. The molecule has 3 aliphatic rings. The van der Waals surface area contributed by atoms with E-state index >= 15 is 0 Å². The minimum atomic E-state index is -2.78. The van der Waals surface area contributed by atoms with Crippen molar-refractivity contribution in [1.29, 1.82) is 0 Å². The molecule has 1 aliphatic carbocycles. The molecule has 5 rings (SSSR count). The van der Waals surface area contributed by atoms with Gasteiger partial charge in [0.15, 0.2) is 5.84 Å². The number of allylic oxidation sites excluding steroid dienone is 2. The number of hydrogen-bond donors (Lipinski definition) is 1. The van der Waals surface area contributed by atoms with Crippen molar-refractivity contribution in [3.05, 3.63) is 60.5 Å². The number of anilines is 3. The summed E-state index contributed by atoms with van der Waals surface area (Å²) in [6.07, 6.45) is 7.85. The summed E-state index contributed by atoms with van der Waals surface area (Å²) in [6, 6.07) is 3.89. The van der Waals surface area contributed by atoms with Crippen LogP contribution >= 0.6 is 0 Å². The predicted molar refractivity (Wildman–Crippen MR) is 141 cm³/mol. The Hall–Kier alpha value is -3.93. The second-order valence-corrected chi connectivity index (χ2v) is 9.33. The monoisotopic (exact) mass is 524 g/mol. The van der Waals surface area contributed by atoms with Crippen molar-refractivity contribution in [3.63, 3.8) is 0 Å². The summed E-state index contributed by atoms with van der Waals surface area (Å²) in [5, 5.41) is 3.10. The lowest BCUT2D eigenvalue weighted by atomic mass is 10.0. The lowest BCUT2D eigenvalue weighted by molar-refractivity contribution is -0.130. The number of morpholine rings is 1. The van der Waals surface area contributed by atoms with Gasteiger partial charge in [0.1, 0.15) is 17.7 Å². The summed E-state index contributed by atoms with van der Waals surface area (Å²) >= 11 is 0. The molecule has 2 aromatic rings. The van der Waals surface area contributed by atoms with E-state index in [2.05, 4.69) is 25.3 Å². The number of nitrogens with one attached hydrogen (secondary N) is 1. The standard InChI is InChI=1S/C26H30F2N8O2/c1-17(25(37)34(2)16-18-7-9-29-10-8-18)30-26-32-21(35-11-13-38-14-12-35)15-22(33-26)36-20-6-4-3-5-19(20)31-24(36)23(27)28/h3-10,15,17,19-20,23H,11-14,16H2,1-2H3,(H,30,32,33)/t17-,19?,20?/m0/s1. The topological polar surface area (TPSA) is 99.1 Å². The quantitative estimate of drug-likeness (QED) is 0.563. The van der Waals surface area contributed by atoms with Gasteiger partial charge in [0.2, 0.25) is 11.9 Å². The minimum absolute atomic E-state index is 0.167. The zero-order valence-corrected chi connectivity index (χ0v) is 21.2. The Balaban J connectivity index is 1.43. The van der Waals surface area contributed by atoms with Crippen LogP contribution in [0, 0.1) is 0 Å². The Morgan fingerprint density at radius 2 is 1.87 bits per heavy atom. The Morgan fingerprint density at radius 1 is 1.16 bits per heavy atom. The first-order valence-electron chi connectivity index (χ1n) is 12.5. The molecule has 1 fully saturated rings. The number of carbonyl (C=O) groups is 1. The normalized spacial score (nSPS) is 21.3. The maximum Gasteiger partial charge on any atom is 0.295 e. The van der Waals surface area contributed by atoms with Gasteiger partial charge in [-0.05, 0) is 24.6 Å². The van der Waals surface area contributed by atoms with E-state index in [9.17, 15) is 13.6 Å². The molecule has 38 heavy (non-hydrogen) atoms. The molecule has 3 atom stereocenters. The second kappa shape index (κ2) is 11.2. The van der Waals surface area contributed by atoms with Crippen LogP contribution in [-0.4, -0.2) is 89.5 Å². The molecule has 0 saturated carbocycles. The molecule has 10 nitrogen and oxygen atoms in total. The predicted octanol–water partition coefficient (Wildman–Crippen LogP) is 2.51. The number of aromatic nitrogens is 3. The molecule has 0 spiro atoms. The highest BCUT2D eigenvalue weighted by molar-refractivity contribution is 6.03. The summed E-state index contributed by atoms with van der Waals surface area (Å²) in [5.74, 6) is 0.531. The van der Waals surface area contributed by atoms with E-state index in [0.717, 1.165) is 5.56 Å². The highest BCUT2D eigenvalue weighted by atomic mass is 19.3. The van der Waals surface area contributed by atoms with Gasteiger partial charge in [-0.1, -0.05) is 24.3 Å². The molecule has 4 heterocycles. The van der Waals surface area contributed by atoms with Gasteiger partial charge in [-0.15, -0.1) is 0 Å². The molecule has 12 heteroatoms. The number of halogens is 2. The zero-order valence-electron chi connectivity index (χ0n) is 21.2. The molecule has 2 unspecified atom stereocenters. The third-order valence-corrected chi connectivity index (χ3v) is 6.64. The Bertz CT molecular complexity index is 1230. The van der Waals surface area contributed by atoms with Crippen molar-refractivity contribution < 1.29 is 18.3 Å². The van der Waals surface area contributed by atoms with Crippen LogP contribution in [0.3, 0.4) is 0 Å². The summed E-state index contributed by atoms with van der Waals surface area (Å²) < 4.78 is 33.7. The van der Waals surface area contributed by atoms with Crippen LogP contribution in [0.4, 0.5) is 26.4 Å². The SMILES string of the molecule is C[C@H](Nc1nc(N2CCOCC2)cc(N2C(C(F)F)=NC3C=CC=CC32)n1)C(=O)N(C)Cc1ccncc1. The fourth-order valence-electron chi connectivity index (χ4n) is 4.73. The lowest BCUT2D eigenvalue weighted by Crippen LogP contribution is -2.43. The van der Waals surface area contributed by atoms with Crippen LogP contribution < -0.4 is 15.1 Å². The molecule has 0 radical (unpaired) electrons. The fourth-order valence-corrected chi connectivity index (χ4v) is 4.73. The summed E-state index contributed by atoms with van der Waals surface area (Å²) in [5.41, 5.74) is 0.952. The largest absolute Gasteiger partial charge is 0.378 e. The number of carbonyl (C=O) groups excluding carboxylic acids is 1. The van der Waals surface area contributed by atoms with Gasteiger partial charge in [-0.2, -0.15) is 9.97 Å². The van der Waals surface area contributed by atoms with Crippen molar-refractivity contribution >= 4 is 29.3 Å². The number of rotatable bonds is 8. The summed E-state index contributed by atoms with van der Waals surface area (Å²) in [7, 11) is 1.72. The molecule has 1 N–H and O–H groups in total. The lowest BCUT2D eigenvalue weighted by Gasteiger charge is -2.31. The summed E-state index contributed by atoms with van der Waals surface area (Å²) in [4.78, 5) is 35.7. The van der Waals surface area contributed by atoms with Gasteiger partial charge < -0.3 is 24.8 Å². The first kappa shape index (κ1) is 25.7. The van der Waals surface area contributed by atoms with E-state index in [1.165, 1.54) is 4.90 Å². The molecule has 0 aromatic carbocycles. The molecule has 2 aromatic heterocycles. The summed E-state index contributed by atoms with van der Waals surface area (Å²) in [6.45, 7) is 4.40. The number of amides is 1. The zero-order chi connectivity index (χ0) is 26.6. The third kappa shape index (κ3) is 5.49. The highest BCUT2D eigenvalue weighted by Crippen LogP contribution is 2.32. The van der Waals surface area contributed by atoms with Crippen molar-refractivity contribution in [2.24, 2.45) is 4.99 Å². The van der Waals surface area contributed by atoms with Crippen LogP contribution in [-0.2, 0) is 16.1 Å². The van der Waals surface area contributed by atoms with Gasteiger partial charge in [0.05, 0.1) is 25.3 Å². The van der Waals surface area contributed by atoms with Crippen LogP contribution in [0.2, 0.25) is 0 Å². The van der Waals surface area contributed by atoms with E-state index in [1.807, 2.05) is 29.2 Å². The number of ether oxygens (including phenoxy) is 1. The average molecular weight is 525 g/mol. The first-order valence-corrected chi connectivity index (χ1v) is 12.5. The number of aliphatic imine (C=N–C) groups is 1.